The highest BCUT2D eigenvalue weighted by molar-refractivity contribution is 7.99. The third-order valence-corrected chi connectivity index (χ3v) is 25.6. The van der Waals surface area contributed by atoms with E-state index in [0.29, 0.717) is 50.4 Å². The van der Waals surface area contributed by atoms with Gasteiger partial charge in [-0.25, -0.2) is 4.98 Å². The SMILES string of the molecule is CC(C)(C)N1CC1.CC(C)(C)N1CCC1.CC(C)(C)N1CCCCC1.CC(C)(C)N1CCCCCC1.CC(C)(C)N1CCCCCC1.CC(C)(C)N1CCCOCC1.CC(C)(C)N1CCSCC1.CC(C)(C)n1ccnc1.CC(C)N1CCCC1.CC(C)N1CCN(C)CC1.CC(C)N1CCOCC1.CN1CCCN(C(C)(C)C)CC1. The minimum absolute atomic E-state index is 0.177. The third-order valence-electron chi connectivity index (χ3n) is 24.6. The van der Waals surface area contributed by atoms with E-state index in [2.05, 4.69) is 328 Å². The first-order chi connectivity index (χ1) is 53.6. The van der Waals surface area contributed by atoms with Crippen molar-refractivity contribution in [2.75, 3.05) is 222 Å². The zero-order valence-corrected chi connectivity index (χ0v) is 85.7. The second-order valence-electron chi connectivity index (χ2n) is 44.9. The van der Waals surface area contributed by atoms with Gasteiger partial charge in [0.15, 0.2) is 0 Å². The number of morpholine rings is 1. The van der Waals surface area contributed by atoms with Crippen LogP contribution in [0.5, 0.6) is 0 Å². The molecule has 0 bridgehead atoms. The number of rotatable bonds is 3. The molecule has 0 spiro atoms. The molecule has 12 heterocycles. The quantitative estimate of drug-likeness (QED) is 0.269. The van der Waals surface area contributed by atoms with Crippen molar-refractivity contribution in [1.82, 2.24) is 73.2 Å². The van der Waals surface area contributed by atoms with Gasteiger partial charge in [-0.15, -0.1) is 0 Å². The van der Waals surface area contributed by atoms with E-state index in [1.54, 1.807) is 6.20 Å². The summed E-state index contributed by atoms with van der Waals surface area (Å²) in [5.74, 6) is 2.63. The third kappa shape index (κ3) is 55.3. The Kier molecular flexibility index (Phi) is 56.0. The van der Waals surface area contributed by atoms with Crippen LogP contribution in [0.3, 0.4) is 0 Å². The first-order valence-electron chi connectivity index (χ1n) is 48.0. The topological polar surface area (TPSA) is 78.2 Å². The van der Waals surface area contributed by atoms with E-state index in [4.69, 9.17) is 9.47 Å². The highest BCUT2D eigenvalue weighted by atomic mass is 32.2. The van der Waals surface area contributed by atoms with Gasteiger partial charge in [-0.3, -0.25) is 49.0 Å². The Morgan fingerprint density at radius 2 is 0.491 bits per heavy atom. The van der Waals surface area contributed by atoms with Gasteiger partial charge < -0.3 is 28.7 Å². The van der Waals surface area contributed by atoms with Crippen LogP contribution in [0.1, 0.15) is 331 Å². The molecule has 0 aliphatic carbocycles. The number of imidazole rings is 1. The lowest BCUT2D eigenvalue weighted by Gasteiger charge is -2.42. The maximum Gasteiger partial charge on any atom is 0.0950 e. The zero-order valence-electron chi connectivity index (χ0n) is 84.8. The van der Waals surface area contributed by atoms with Crippen LogP contribution in [-0.4, -0.2) is 358 Å². The van der Waals surface area contributed by atoms with E-state index >= 15 is 0 Å². The van der Waals surface area contributed by atoms with E-state index < -0.39 is 0 Å². The van der Waals surface area contributed by atoms with Crippen molar-refractivity contribution in [2.45, 2.75) is 399 Å². The van der Waals surface area contributed by atoms with Crippen LogP contribution < -0.4 is 0 Å². The van der Waals surface area contributed by atoms with Crippen molar-refractivity contribution in [3.05, 3.63) is 18.7 Å². The smallest absolute Gasteiger partial charge is 0.0950 e. The average Bonchev–Trinajstić information content (AvgIpc) is 1.69. The molecule has 1 aromatic heterocycles. The second kappa shape index (κ2) is 57.5. The van der Waals surface area contributed by atoms with Gasteiger partial charge in [-0.2, -0.15) is 11.8 Å². The lowest BCUT2D eigenvalue weighted by atomic mass is 10.0. The normalized spacial score (nSPS) is 22.4. The van der Waals surface area contributed by atoms with Crippen molar-refractivity contribution in [3.8, 4) is 0 Å². The molecule has 12 rings (SSSR count). The van der Waals surface area contributed by atoms with Crippen LogP contribution in [0.25, 0.3) is 0 Å². The minimum atomic E-state index is 0.177. The molecular formula is C98H207N15O2S. The zero-order chi connectivity index (χ0) is 88.2. The second-order valence-corrected chi connectivity index (χ2v) is 46.1. The van der Waals surface area contributed by atoms with Crippen LogP contribution in [0.15, 0.2) is 18.7 Å². The Morgan fingerprint density at radius 3 is 0.776 bits per heavy atom. The van der Waals surface area contributed by atoms with Gasteiger partial charge in [0.1, 0.15) is 0 Å². The predicted octanol–water partition coefficient (Wildman–Crippen LogP) is 19.4. The Morgan fingerprint density at radius 1 is 0.241 bits per heavy atom. The van der Waals surface area contributed by atoms with Crippen molar-refractivity contribution in [2.24, 2.45) is 0 Å². The molecule has 1 aromatic rings. The molecule has 0 saturated carbocycles. The van der Waals surface area contributed by atoms with Gasteiger partial charge in [0.25, 0.3) is 0 Å². The van der Waals surface area contributed by atoms with Crippen LogP contribution in [-0.2, 0) is 15.0 Å². The van der Waals surface area contributed by atoms with Crippen molar-refractivity contribution in [3.63, 3.8) is 0 Å². The summed E-state index contributed by atoms with van der Waals surface area (Å²) in [5, 5.41) is 0. The monoisotopic (exact) mass is 1660 g/mol. The maximum atomic E-state index is 5.38. The maximum absolute atomic E-state index is 5.38. The Labute approximate surface area is 730 Å². The van der Waals surface area contributed by atoms with E-state index in [9.17, 15) is 0 Å². The molecule has 0 unspecified atom stereocenters. The highest BCUT2D eigenvalue weighted by Crippen LogP contribution is 2.26. The standard InChI is InChI=1S/C10H22N2.2C10H21N.C9H19NO.C9H19N.C8H18N2.C8H17NS.C7H12N2.C7H15NO.2C7H15N.C6H13N/c1-10(2,3)12-7-5-6-11(4)8-9-12;2*1-10(2,3)11-8-6-4-5-7-9-11;1-9(2,3)10-5-4-7-11-8-6-10;1-9(2,3)10-7-5-4-6-8-10;1-8(2)10-6-4-9(3)5-7-10;1-8(2,3)9-4-6-10-7-5-9;1-7(2,3)9-5-4-8-6-9;1-7(2)8-3-5-9-6-4-8;1-7(2,3)8-5-4-6-8;1-7(2)8-5-3-4-6-8;1-6(2,3)7-4-5-7/h5-9H2,1-4H3;2*4-9H2,1-3H3;4-8H2,1-3H3;4-8H2,1-3H3;8H,4-7H2,1-3H3;4-7H2,1-3H3;4-6H,1-3H3;7H,3-6H2,1-2H3;4-6H2,1-3H3;7H,3-6H2,1-2H3;4-5H2,1-3H3. The highest BCUT2D eigenvalue weighted by Gasteiger charge is 2.31. The van der Waals surface area contributed by atoms with E-state index in [1.165, 1.54) is 265 Å². The van der Waals surface area contributed by atoms with Crippen LogP contribution >= 0.6 is 11.8 Å². The average molecular weight is 1660 g/mol. The Balaban J connectivity index is 0.000000634. The van der Waals surface area contributed by atoms with Gasteiger partial charge in [0.05, 0.1) is 26.1 Å². The molecule has 0 radical (unpaired) electrons. The van der Waals surface area contributed by atoms with Gasteiger partial charge in [-0.05, 0) is 392 Å². The summed E-state index contributed by atoms with van der Waals surface area (Å²) in [6.07, 6.45) is 27.9. The van der Waals surface area contributed by atoms with Crippen molar-refractivity contribution >= 4 is 11.8 Å². The molecule has 11 saturated heterocycles. The number of piperazine rings is 1. The van der Waals surface area contributed by atoms with Gasteiger partial charge >= 0.3 is 0 Å². The number of thioether (sulfide) groups is 1. The summed E-state index contributed by atoms with van der Waals surface area (Å²) in [7, 11) is 4.41. The molecule has 0 aromatic carbocycles. The molecule has 11 aliphatic rings. The number of hydrogen-bond donors (Lipinski definition) is 0. The van der Waals surface area contributed by atoms with Gasteiger partial charge in [0.2, 0.25) is 0 Å². The van der Waals surface area contributed by atoms with Gasteiger partial charge in [-0.1, -0.05) is 32.1 Å². The molecule has 0 amide bonds. The molecule has 0 atom stereocenters. The molecule has 17 nitrogen and oxygen atoms in total. The number of nitrogens with zero attached hydrogens (tertiary/aromatic N) is 15. The summed E-state index contributed by atoms with van der Waals surface area (Å²) >= 11 is 2.07. The van der Waals surface area contributed by atoms with E-state index in [1.807, 2.05) is 12.5 Å². The Hall–Kier alpha value is -1.04. The number of aromatic nitrogens is 2. The molecule has 0 N–H and O–H groups in total. The molecule has 116 heavy (non-hydrogen) atoms. The van der Waals surface area contributed by atoms with E-state index in [-0.39, 0.29) is 5.54 Å². The summed E-state index contributed by atoms with van der Waals surface area (Å²) < 4.78 is 12.7. The lowest BCUT2D eigenvalue weighted by Crippen LogP contribution is -2.49. The van der Waals surface area contributed by atoms with Crippen molar-refractivity contribution in [1.29, 1.82) is 0 Å². The minimum Gasteiger partial charge on any atom is -0.380 e. The molecule has 11 fully saturated rings. The molecular weight excluding hydrogens is 1450 g/mol. The number of hydrogen-bond acceptors (Lipinski definition) is 17. The first kappa shape index (κ1) is 113. The number of ether oxygens (including phenoxy) is 2. The van der Waals surface area contributed by atoms with Gasteiger partial charge in [0, 0.05) is 190 Å². The summed E-state index contributed by atoms with van der Waals surface area (Å²) in [4.78, 5) is 36.6. The van der Waals surface area contributed by atoms with Crippen LogP contribution in [0.2, 0.25) is 0 Å². The Bertz CT molecular complexity index is 2310. The summed E-state index contributed by atoms with van der Waals surface area (Å²) in [6, 6.07) is 2.19. The van der Waals surface area contributed by atoms with Crippen LogP contribution in [0, 0.1) is 0 Å². The first-order valence-corrected chi connectivity index (χ1v) is 49.1. The lowest BCUT2D eigenvalue weighted by molar-refractivity contribution is 0.0238. The largest absolute Gasteiger partial charge is 0.380 e. The van der Waals surface area contributed by atoms with E-state index in [0.717, 1.165) is 58.1 Å². The summed E-state index contributed by atoms with van der Waals surface area (Å²) in [5.41, 5.74) is 3.30. The fourth-order valence-electron chi connectivity index (χ4n) is 15.5. The van der Waals surface area contributed by atoms with Crippen LogP contribution in [0.4, 0.5) is 0 Å². The molecule has 11 aliphatic heterocycles. The fraction of sp³-hybridized carbons (Fsp3) is 0.969. The number of likely N-dealkylation sites (N-methyl/N-ethyl adjacent to an activating group) is 2. The molecule has 692 valence electrons. The fourth-order valence-corrected chi connectivity index (χ4v) is 16.4. The number of likely N-dealkylation sites (tertiary alicyclic amines) is 5. The number of piperidine rings is 1. The van der Waals surface area contributed by atoms with Crippen molar-refractivity contribution < 1.29 is 9.47 Å². The summed E-state index contributed by atoms with van der Waals surface area (Å²) in [6.45, 7) is 111. The molecule has 18 heteroatoms. The predicted molar refractivity (Wildman–Crippen MR) is 516 cm³/mol.